The summed E-state index contributed by atoms with van der Waals surface area (Å²) in [4.78, 5) is 2.76. The molecule has 2 fully saturated rings. The van der Waals surface area contributed by atoms with Gasteiger partial charge in [-0.1, -0.05) is 27.2 Å². The van der Waals surface area contributed by atoms with E-state index in [1.807, 2.05) is 0 Å². The van der Waals surface area contributed by atoms with Gasteiger partial charge in [-0.05, 0) is 43.6 Å². The monoisotopic (exact) mass is 195 g/mol. The van der Waals surface area contributed by atoms with E-state index in [0.717, 1.165) is 23.8 Å². The Bertz CT molecular complexity index is 184. The van der Waals surface area contributed by atoms with Gasteiger partial charge in [0.15, 0.2) is 0 Å². The predicted octanol–water partition coefficient (Wildman–Crippen LogP) is 3.15. The van der Waals surface area contributed by atoms with Crippen molar-refractivity contribution in [1.82, 2.24) is 4.90 Å². The summed E-state index contributed by atoms with van der Waals surface area (Å²) in [6, 6.07) is 0.981. The summed E-state index contributed by atoms with van der Waals surface area (Å²) in [5, 5.41) is 0. The van der Waals surface area contributed by atoms with Crippen molar-refractivity contribution >= 4 is 0 Å². The van der Waals surface area contributed by atoms with E-state index in [4.69, 9.17) is 0 Å². The van der Waals surface area contributed by atoms with Crippen LogP contribution in [0.4, 0.5) is 0 Å². The van der Waals surface area contributed by atoms with E-state index in [1.54, 1.807) is 0 Å². The van der Waals surface area contributed by atoms with Gasteiger partial charge in [0, 0.05) is 12.6 Å². The molecule has 1 aliphatic heterocycles. The van der Waals surface area contributed by atoms with Crippen LogP contribution in [0.15, 0.2) is 0 Å². The van der Waals surface area contributed by atoms with E-state index < -0.39 is 0 Å². The Kier molecular flexibility index (Phi) is 3.16. The fourth-order valence-electron chi connectivity index (χ4n) is 3.09. The van der Waals surface area contributed by atoms with E-state index in [9.17, 15) is 0 Å². The van der Waals surface area contributed by atoms with Crippen LogP contribution in [0.2, 0.25) is 0 Å². The number of nitrogens with zero attached hydrogens (tertiary/aromatic N) is 1. The predicted molar refractivity (Wildman–Crippen MR) is 61.3 cm³/mol. The zero-order chi connectivity index (χ0) is 10.1. The van der Waals surface area contributed by atoms with E-state index in [2.05, 4.69) is 25.7 Å². The standard InChI is InChI=1S/C13H25N/c1-4-11-7-8-14(12-5-6-12)9-13(11)10(2)3/h10-13H,4-9H2,1-3H3/t11-,13+/m0/s1. The van der Waals surface area contributed by atoms with Gasteiger partial charge >= 0.3 is 0 Å². The van der Waals surface area contributed by atoms with Gasteiger partial charge in [-0.15, -0.1) is 0 Å². The van der Waals surface area contributed by atoms with E-state index in [1.165, 1.54) is 38.8 Å². The van der Waals surface area contributed by atoms with Crippen LogP contribution in [0.5, 0.6) is 0 Å². The summed E-state index contributed by atoms with van der Waals surface area (Å²) in [6.07, 6.45) is 5.79. The fourth-order valence-corrected chi connectivity index (χ4v) is 3.09. The van der Waals surface area contributed by atoms with Crippen molar-refractivity contribution in [3.8, 4) is 0 Å². The smallest absolute Gasteiger partial charge is 0.00965 e. The quantitative estimate of drug-likeness (QED) is 0.668. The van der Waals surface area contributed by atoms with Crippen LogP contribution in [-0.2, 0) is 0 Å². The molecule has 0 bridgehead atoms. The molecule has 0 spiro atoms. The molecule has 1 heteroatoms. The zero-order valence-electron chi connectivity index (χ0n) is 10.00. The summed E-state index contributed by atoms with van der Waals surface area (Å²) in [6.45, 7) is 9.95. The Labute approximate surface area is 88.9 Å². The maximum absolute atomic E-state index is 2.76. The highest BCUT2D eigenvalue weighted by Crippen LogP contribution is 2.37. The Morgan fingerprint density at radius 2 is 1.93 bits per heavy atom. The van der Waals surface area contributed by atoms with Gasteiger partial charge in [0.05, 0.1) is 0 Å². The normalized spacial score (nSPS) is 35.1. The van der Waals surface area contributed by atoms with Crippen molar-refractivity contribution in [2.75, 3.05) is 13.1 Å². The molecular formula is C13H25N. The number of rotatable bonds is 3. The lowest BCUT2D eigenvalue weighted by molar-refractivity contribution is 0.0812. The van der Waals surface area contributed by atoms with E-state index >= 15 is 0 Å². The maximum Gasteiger partial charge on any atom is 0.00965 e. The van der Waals surface area contributed by atoms with Gasteiger partial charge in [-0.2, -0.15) is 0 Å². The summed E-state index contributed by atoms with van der Waals surface area (Å²) < 4.78 is 0. The molecule has 1 saturated heterocycles. The van der Waals surface area contributed by atoms with Gasteiger partial charge in [-0.3, -0.25) is 0 Å². The molecule has 2 atom stereocenters. The molecule has 0 N–H and O–H groups in total. The van der Waals surface area contributed by atoms with Crippen molar-refractivity contribution in [2.24, 2.45) is 17.8 Å². The lowest BCUT2D eigenvalue weighted by Gasteiger charge is -2.40. The number of likely N-dealkylation sites (tertiary alicyclic amines) is 1. The molecule has 2 aliphatic rings. The highest BCUT2D eigenvalue weighted by molar-refractivity contribution is 4.90. The van der Waals surface area contributed by atoms with E-state index in [-0.39, 0.29) is 0 Å². The molecule has 1 heterocycles. The maximum atomic E-state index is 2.76. The largest absolute Gasteiger partial charge is 0.300 e. The molecule has 1 saturated carbocycles. The molecule has 0 aromatic heterocycles. The van der Waals surface area contributed by atoms with Crippen LogP contribution < -0.4 is 0 Å². The van der Waals surface area contributed by atoms with Crippen LogP contribution in [-0.4, -0.2) is 24.0 Å². The minimum atomic E-state index is 0.876. The molecule has 1 nitrogen and oxygen atoms in total. The molecule has 0 amide bonds. The first-order valence-electron chi connectivity index (χ1n) is 6.46. The van der Waals surface area contributed by atoms with Gasteiger partial charge < -0.3 is 4.90 Å². The first kappa shape index (κ1) is 10.5. The Balaban J connectivity index is 1.93. The summed E-state index contributed by atoms with van der Waals surface area (Å²) in [5.74, 6) is 2.85. The summed E-state index contributed by atoms with van der Waals surface area (Å²) >= 11 is 0. The first-order valence-corrected chi connectivity index (χ1v) is 6.46. The van der Waals surface area contributed by atoms with Crippen LogP contribution in [0, 0.1) is 17.8 Å². The van der Waals surface area contributed by atoms with E-state index in [0.29, 0.717) is 0 Å². The number of hydrogen-bond donors (Lipinski definition) is 0. The second kappa shape index (κ2) is 4.22. The van der Waals surface area contributed by atoms with Crippen molar-refractivity contribution in [3.63, 3.8) is 0 Å². The molecule has 0 radical (unpaired) electrons. The van der Waals surface area contributed by atoms with Gasteiger partial charge in [0.1, 0.15) is 0 Å². The third-order valence-corrected chi connectivity index (χ3v) is 4.28. The second-order valence-electron chi connectivity index (χ2n) is 5.59. The van der Waals surface area contributed by atoms with Crippen LogP contribution >= 0.6 is 0 Å². The number of piperidine rings is 1. The fraction of sp³-hybridized carbons (Fsp3) is 1.00. The average molecular weight is 195 g/mol. The molecule has 0 aromatic carbocycles. The topological polar surface area (TPSA) is 3.24 Å². The summed E-state index contributed by atoms with van der Waals surface area (Å²) in [7, 11) is 0. The number of hydrogen-bond acceptors (Lipinski definition) is 1. The molecular weight excluding hydrogens is 170 g/mol. The van der Waals surface area contributed by atoms with Crippen molar-refractivity contribution in [2.45, 2.75) is 52.5 Å². The lowest BCUT2D eigenvalue weighted by atomic mass is 9.77. The zero-order valence-corrected chi connectivity index (χ0v) is 10.00. The van der Waals surface area contributed by atoms with Crippen LogP contribution in [0.3, 0.4) is 0 Å². The molecule has 14 heavy (non-hydrogen) atoms. The van der Waals surface area contributed by atoms with Crippen molar-refractivity contribution in [1.29, 1.82) is 0 Å². The highest BCUT2D eigenvalue weighted by Gasteiger charge is 2.36. The van der Waals surface area contributed by atoms with Crippen molar-refractivity contribution < 1.29 is 0 Å². The highest BCUT2D eigenvalue weighted by atomic mass is 15.2. The third-order valence-electron chi connectivity index (χ3n) is 4.28. The minimum absolute atomic E-state index is 0.876. The molecule has 1 aliphatic carbocycles. The SMILES string of the molecule is CC[C@H]1CCN(C2CC2)C[C@@H]1C(C)C. The molecule has 0 unspecified atom stereocenters. The van der Waals surface area contributed by atoms with Gasteiger partial charge in [-0.25, -0.2) is 0 Å². The third kappa shape index (κ3) is 2.13. The Hall–Kier alpha value is -0.0400. The average Bonchev–Trinajstić information content (AvgIpc) is 3.00. The van der Waals surface area contributed by atoms with Crippen LogP contribution in [0.25, 0.3) is 0 Å². The molecule has 82 valence electrons. The van der Waals surface area contributed by atoms with Gasteiger partial charge in [0.25, 0.3) is 0 Å². The molecule has 0 aromatic rings. The van der Waals surface area contributed by atoms with Gasteiger partial charge in [0.2, 0.25) is 0 Å². The molecule has 2 rings (SSSR count). The van der Waals surface area contributed by atoms with Crippen molar-refractivity contribution in [3.05, 3.63) is 0 Å². The Morgan fingerprint density at radius 1 is 1.21 bits per heavy atom. The minimum Gasteiger partial charge on any atom is -0.300 e. The Morgan fingerprint density at radius 3 is 2.43 bits per heavy atom. The lowest BCUT2D eigenvalue weighted by Crippen LogP contribution is -2.43. The summed E-state index contributed by atoms with van der Waals surface area (Å²) in [5.41, 5.74) is 0. The first-order chi connectivity index (χ1) is 6.72. The van der Waals surface area contributed by atoms with Crippen LogP contribution in [0.1, 0.15) is 46.5 Å². The second-order valence-corrected chi connectivity index (χ2v) is 5.59.